The zero-order valence-corrected chi connectivity index (χ0v) is 15.9. The van der Waals surface area contributed by atoms with Crippen molar-refractivity contribution in [1.29, 1.82) is 0 Å². The van der Waals surface area contributed by atoms with Gasteiger partial charge in [0.2, 0.25) is 0 Å². The predicted octanol–water partition coefficient (Wildman–Crippen LogP) is 3.91. The molecule has 1 aromatic rings. The average molecular weight is 362 g/mol. The van der Waals surface area contributed by atoms with Crippen molar-refractivity contribution in [3.05, 3.63) is 41.2 Å². The molecule has 0 aromatic heterocycles. The van der Waals surface area contributed by atoms with Crippen molar-refractivity contribution in [1.82, 2.24) is 10.2 Å². The molecule has 1 N–H and O–H groups in total. The van der Waals surface area contributed by atoms with Crippen molar-refractivity contribution >= 4 is 18.1 Å². The van der Waals surface area contributed by atoms with Gasteiger partial charge in [0.25, 0.3) is 5.91 Å². The summed E-state index contributed by atoms with van der Waals surface area (Å²) < 4.78 is 19.7. The van der Waals surface area contributed by atoms with E-state index in [2.05, 4.69) is 11.9 Å². The molecule has 1 fully saturated rings. The Bertz CT molecular complexity index is 686. The van der Waals surface area contributed by atoms with E-state index in [4.69, 9.17) is 4.74 Å². The van der Waals surface area contributed by atoms with Gasteiger partial charge in [0, 0.05) is 19.1 Å². The van der Waals surface area contributed by atoms with Gasteiger partial charge in [-0.1, -0.05) is 18.7 Å². The van der Waals surface area contributed by atoms with E-state index in [0.717, 1.165) is 12.8 Å². The maximum Gasteiger partial charge on any atom is 0.407 e. The van der Waals surface area contributed by atoms with Gasteiger partial charge in [0.15, 0.2) is 0 Å². The fourth-order valence-electron chi connectivity index (χ4n) is 3.07. The molecule has 0 spiro atoms. The molecule has 5 nitrogen and oxygen atoms in total. The van der Waals surface area contributed by atoms with Crippen LogP contribution >= 0.6 is 0 Å². The maximum absolute atomic E-state index is 14.4. The minimum Gasteiger partial charge on any atom is -0.444 e. The molecule has 26 heavy (non-hydrogen) atoms. The van der Waals surface area contributed by atoms with Gasteiger partial charge in [-0.3, -0.25) is 4.79 Å². The van der Waals surface area contributed by atoms with Gasteiger partial charge >= 0.3 is 6.09 Å². The zero-order valence-electron chi connectivity index (χ0n) is 15.9. The monoisotopic (exact) mass is 362 g/mol. The van der Waals surface area contributed by atoms with Crippen LogP contribution in [0.5, 0.6) is 0 Å². The second kappa shape index (κ2) is 7.89. The minimum absolute atomic E-state index is 0.0773. The first kappa shape index (κ1) is 19.9. The number of likely N-dealkylation sites (tertiary alicyclic amines) is 1. The number of benzene rings is 1. The van der Waals surface area contributed by atoms with Crippen LogP contribution in [-0.4, -0.2) is 41.6 Å². The fourth-order valence-corrected chi connectivity index (χ4v) is 3.07. The van der Waals surface area contributed by atoms with Crippen molar-refractivity contribution in [2.75, 3.05) is 13.1 Å². The molecule has 2 rings (SSSR count). The highest BCUT2D eigenvalue weighted by molar-refractivity contribution is 5.96. The molecule has 1 aromatic carbocycles. The Labute approximate surface area is 154 Å². The maximum atomic E-state index is 14.4. The second-order valence-corrected chi connectivity index (χ2v) is 7.64. The Hall–Kier alpha value is -2.37. The molecule has 142 valence electrons. The van der Waals surface area contributed by atoms with Crippen LogP contribution in [0.15, 0.2) is 18.7 Å². The molecule has 0 bridgehead atoms. The Morgan fingerprint density at radius 3 is 2.65 bits per heavy atom. The topological polar surface area (TPSA) is 58.6 Å². The standard InChI is InChI=1S/C20H27FN2O3/c1-6-14-10-13(2)17(16(21)11-14)18(24)23-9-7-8-15(12-23)22-19(25)26-20(3,4)5/h6,10-11,15H,1,7-9,12H2,2-5H3,(H,22,25)/t15-/m1/s1. The quantitative estimate of drug-likeness (QED) is 0.887. The van der Waals surface area contributed by atoms with Gasteiger partial charge in [-0.25, -0.2) is 9.18 Å². The highest BCUT2D eigenvalue weighted by Gasteiger charge is 2.29. The first-order valence-electron chi connectivity index (χ1n) is 8.82. The van der Waals surface area contributed by atoms with Crippen LogP contribution in [0, 0.1) is 12.7 Å². The number of alkyl carbamates (subject to hydrolysis) is 1. The Balaban J connectivity index is 2.08. The lowest BCUT2D eigenvalue weighted by Crippen LogP contribution is -2.50. The molecule has 1 aliphatic heterocycles. The van der Waals surface area contributed by atoms with E-state index in [1.807, 2.05) is 0 Å². The Morgan fingerprint density at radius 1 is 1.38 bits per heavy atom. The summed E-state index contributed by atoms with van der Waals surface area (Å²) in [6.07, 6.45) is 2.53. The smallest absolute Gasteiger partial charge is 0.407 e. The summed E-state index contributed by atoms with van der Waals surface area (Å²) in [4.78, 5) is 26.4. The van der Waals surface area contributed by atoms with E-state index in [0.29, 0.717) is 24.2 Å². The van der Waals surface area contributed by atoms with E-state index in [-0.39, 0.29) is 17.5 Å². The van der Waals surface area contributed by atoms with Crippen molar-refractivity contribution in [3.8, 4) is 0 Å². The van der Waals surface area contributed by atoms with Crippen LogP contribution in [0.1, 0.15) is 55.1 Å². The summed E-state index contributed by atoms with van der Waals surface area (Å²) in [6.45, 7) is 11.6. The van der Waals surface area contributed by atoms with Crippen molar-refractivity contribution in [2.24, 2.45) is 0 Å². The number of halogens is 1. The number of hydrogen-bond donors (Lipinski definition) is 1. The number of aryl methyl sites for hydroxylation is 1. The molecular formula is C20H27FN2O3. The summed E-state index contributed by atoms with van der Waals surface area (Å²) in [6, 6.07) is 2.84. The Morgan fingerprint density at radius 2 is 2.08 bits per heavy atom. The van der Waals surface area contributed by atoms with Crippen LogP contribution in [0.2, 0.25) is 0 Å². The summed E-state index contributed by atoms with van der Waals surface area (Å²) in [5, 5.41) is 2.80. The number of nitrogens with one attached hydrogen (secondary N) is 1. The Kier molecular flexibility index (Phi) is 6.05. The molecule has 1 heterocycles. The zero-order chi connectivity index (χ0) is 19.5. The molecule has 1 saturated heterocycles. The van der Waals surface area contributed by atoms with Gasteiger partial charge < -0.3 is 15.0 Å². The van der Waals surface area contributed by atoms with E-state index in [9.17, 15) is 14.0 Å². The van der Waals surface area contributed by atoms with Crippen molar-refractivity contribution in [2.45, 2.75) is 52.2 Å². The number of rotatable bonds is 3. The highest BCUT2D eigenvalue weighted by atomic mass is 19.1. The number of carbonyl (C=O) groups is 2. The van der Waals surface area contributed by atoms with Gasteiger partial charge in [0.1, 0.15) is 11.4 Å². The summed E-state index contributed by atoms with van der Waals surface area (Å²) in [7, 11) is 0. The van der Waals surface area contributed by atoms with Gasteiger partial charge in [0.05, 0.1) is 5.56 Å². The third-order valence-corrected chi connectivity index (χ3v) is 4.19. The average Bonchev–Trinajstić information content (AvgIpc) is 2.52. The highest BCUT2D eigenvalue weighted by Crippen LogP contribution is 2.21. The van der Waals surface area contributed by atoms with Crippen molar-refractivity contribution < 1.29 is 18.7 Å². The first-order chi connectivity index (χ1) is 12.1. The lowest BCUT2D eigenvalue weighted by atomic mass is 10.0. The number of ether oxygens (including phenoxy) is 1. The molecule has 1 atom stereocenters. The molecule has 0 radical (unpaired) electrons. The number of carbonyl (C=O) groups excluding carboxylic acids is 2. The third-order valence-electron chi connectivity index (χ3n) is 4.19. The summed E-state index contributed by atoms with van der Waals surface area (Å²) >= 11 is 0. The number of piperidine rings is 1. The fraction of sp³-hybridized carbons (Fsp3) is 0.500. The molecular weight excluding hydrogens is 335 g/mol. The van der Waals surface area contributed by atoms with Crippen LogP contribution in [0.3, 0.4) is 0 Å². The molecule has 0 unspecified atom stereocenters. The molecule has 1 aliphatic rings. The normalized spacial score (nSPS) is 17.6. The number of amides is 2. The van der Waals surface area contributed by atoms with Crippen LogP contribution in [-0.2, 0) is 4.74 Å². The van der Waals surface area contributed by atoms with Crippen LogP contribution in [0.4, 0.5) is 9.18 Å². The lowest BCUT2D eigenvalue weighted by molar-refractivity contribution is 0.0451. The SMILES string of the molecule is C=Cc1cc(C)c(C(=O)N2CCC[C@@H](NC(=O)OC(C)(C)C)C2)c(F)c1. The third kappa shape index (κ3) is 5.07. The first-order valence-corrected chi connectivity index (χ1v) is 8.82. The second-order valence-electron chi connectivity index (χ2n) is 7.64. The summed E-state index contributed by atoms with van der Waals surface area (Å²) in [5.41, 5.74) is 0.710. The minimum atomic E-state index is -0.582. The van der Waals surface area contributed by atoms with E-state index < -0.39 is 17.5 Å². The van der Waals surface area contributed by atoms with Crippen LogP contribution < -0.4 is 5.32 Å². The molecule has 0 aliphatic carbocycles. The number of hydrogen-bond acceptors (Lipinski definition) is 3. The molecule has 0 saturated carbocycles. The summed E-state index contributed by atoms with van der Waals surface area (Å²) in [5.74, 6) is -0.904. The molecule has 6 heteroatoms. The van der Waals surface area contributed by atoms with Gasteiger partial charge in [-0.05, 0) is 57.7 Å². The largest absolute Gasteiger partial charge is 0.444 e. The number of nitrogens with zero attached hydrogens (tertiary/aromatic N) is 1. The predicted molar refractivity (Wildman–Crippen MR) is 99.5 cm³/mol. The van der Waals surface area contributed by atoms with Gasteiger partial charge in [-0.15, -0.1) is 0 Å². The lowest BCUT2D eigenvalue weighted by Gasteiger charge is -2.34. The van der Waals surface area contributed by atoms with Crippen LogP contribution in [0.25, 0.3) is 6.08 Å². The van der Waals surface area contributed by atoms with Crippen molar-refractivity contribution in [3.63, 3.8) is 0 Å². The van der Waals surface area contributed by atoms with Gasteiger partial charge in [-0.2, -0.15) is 0 Å². The van der Waals surface area contributed by atoms with E-state index in [1.165, 1.54) is 6.07 Å². The van der Waals surface area contributed by atoms with E-state index >= 15 is 0 Å². The van der Waals surface area contributed by atoms with E-state index in [1.54, 1.807) is 44.7 Å². The molecule has 2 amide bonds.